The molecule has 1 aromatic carbocycles. The number of nitrogens with zero attached hydrogens (tertiary/aromatic N) is 2. The van der Waals surface area contributed by atoms with E-state index in [4.69, 9.17) is 0 Å². The Morgan fingerprint density at radius 2 is 2.04 bits per heavy atom. The number of carbonyl (C=O) groups is 3. The summed E-state index contributed by atoms with van der Waals surface area (Å²) in [5.41, 5.74) is 1.20. The van der Waals surface area contributed by atoms with Crippen molar-refractivity contribution in [2.75, 3.05) is 24.6 Å². The molecule has 0 radical (unpaired) electrons. The fourth-order valence-corrected chi connectivity index (χ4v) is 4.48. The van der Waals surface area contributed by atoms with Gasteiger partial charge >= 0.3 is 0 Å². The lowest BCUT2D eigenvalue weighted by Crippen LogP contribution is -2.41. The normalized spacial score (nSPS) is 21.3. The van der Waals surface area contributed by atoms with Crippen molar-refractivity contribution >= 4 is 40.6 Å². The molecule has 0 spiro atoms. The monoisotopic (exact) mass is 350 g/mol. The average molecular weight is 350 g/mol. The summed E-state index contributed by atoms with van der Waals surface area (Å²) in [7, 11) is 0. The number of rotatable bonds is 5. The van der Waals surface area contributed by atoms with Gasteiger partial charge in [-0.2, -0.15) is 0 Å². The first-order valence-corrected chi connectivity index (χ1v) is 9.67. The van der Waals surface area contributed by atoms with Gasteiger partial charge in [0.25, 0.3) is 5.24 Å². The second-order valence-corrected chi connectivity index (χ2v) is 7.49. The van der Waals surface area contributed by atoms with Gasteiger partial charge in [-0.05, 0) is 12.0 Å². The summed E-state index contributed by atoms with van der Waals surface area (Å²) < 4.78 is 0. The minimum Gasteiger partial charge on any atom is -0.340 e. The molecule has 0 saturated carbocycles. The van der Waals surface area contributed by atoms with Crippen LogP contribution in [0.5, 0.6) is 0 Å². The highest BCUT2D eigenvalue weighted by Crippen LogP contribution is 2.26. The first-order chi connectivity index (χ1) is 11.1. The molecule has 3 amide bonds. The number of benzene rings is 1. The summed E-state index contributed by atoms with van der Waals surface area (Å²) in [6, 6.07) is 9.91. The van der Waals surface area contributed by atoms with E-state index in [9.17, 15) is 14.4 Å². The summed E-state index contributed by atoms with van der Waals surface area (Å²) in [6.07, 6.45) is 0.688. The van der Waals surface area contributed by atoms with E-state index in [2.05, 4.69) is 0 Å². The van der Waals surface area contributed by atoms with Crippen LogP contribution in [0.15, 0.2) is 30.3 Å². The summed E-state index contributed by atoms with van der Waals surface area (Å²) in [4.78, 5) is 38.9. The van der Waals surface area contributed by atoms with Crippen LogP contribution in [0.3, 0.4) is 0 Å². The van der Waals surface area contributed by atoms with Crippen molar-refractivity contribution in [2.24, 2.45) is 0 Å². The van der Waals surface area contributed by atoms with Crippen LogP contribution in [-0.4, -0.2) is 57.5 Å². The Balaban J connectivity index is 1.46. The molecule has 5 nitrogen and oxygen atoms in total. The van der Waals surface area contributed by atoms with Crippen LogP contribution in [0.2, 0.25) is 0 Å². The van der Waals surface area contributed by atoms with E-state index in [1.54, 1.807) is 16.7 Å². The lowest BCUT2D eigenvalue weighted by atomic mass is 10.2. The molecule has 1 atom stereocenters. The largest absolute Gasteiger partial charge is 0.340 e. The molecule has 23 heavy (non-hydrogen) atoms. The highest BCUT2D eigenvalue weighted by atomic mass is 32.2. The zero-order valence-electron chi connectivity index (χ0n) is 12.6. The molecule has 0 N–H and O–H groups in total. The van der Waals surface area contributed by atoms with Gasteiger partial charge < -0.3 is 4.90 Å². The Morgan fingerprint density at radius 3 is 2.74 bits per heavy atom. The van der Waals surface area contributed by atoms with Crippen LogP contribution in [0.4, 0.5) is 4.79 Å². The Labute approximate surface area is 143 Å². The Kier molecular flexibility index (Phi) is 5.27. The summed E-state index contributed by atoms with van der Waals surface area (Å²) in [5, 5.41) is -0.173. The number of hydrogen-bond donors (Lipinski definition) is 0. The van der Waals surface area contributed by atoms with E-state index < -0.39 is 0 Å². The van der Waals surface area contributed by atoms with Gasteiger partial charge in [-0.15, -0.1) is 11.8 Å². The number of thioether (sulfide) groups is 2. The number of carbonyl (C=O) groups excluding carboxylic acids is 3. The molecule has 2 saturated heterocycles. The third-order valence-electron chi connectivity index (χ3n) is 4.00. The van der Waals surface area contributed by atoms with Gasteiger partial charge in [0, 0.05) is 18.8 Å². The van der Waals surface area contributed by atoms with Gasteiger partial charge in [0.2, 0.25) is 11.8 Å². The maximum atomic E-state index is 12.3. The van der Waals surface area contributed by atoms with Crippen LogP contribution >= 0.6 is 23.5 Å². The summed E-state index contributed by atoms with van der Waals surface area (Å²) >= 11 is 2.64. The predicted octanol–water partition coefficient (Wildman–Crippen LogP) is 2.22. The molecule has 2 aliphatic heterocycles. The fraction of sp³-hybridized carbons (Fsp3) is 0.438. The Hall–Kier alpha value is -1.47. The molecular weight excluding hydrogens is 332 g/mol. The van der Waals surface area contributed by atoms with Crippen molar-refractivity contribution in [1.82, 2.24) is 9.80 Å². The fourth-order valence-electron chi connectivity index (χ4n) is 2.82. The van der Waals surface area contributed by atoms with Crippen LogP contribution in [0.1, 0.15) is 12.0 Å². The lowest BCUT2D eigenvalue weighted by molar-refractivity contribution is -0.129. The molecule has 2 fully saturated rings. The zero-order valence-corrected chi connectivity index (χ0v) is 14.3. The number of amides is 3. The van der Waals surface area contributed by atoms with Gasteiger partial charge in [0.1, 0.15) is 0 Å². The molecule has 0 unspecified atom stereocenters. The third-order valence-corrected chi connectivity index (χ3v) is 5.83. The zero-order chi connectivity index (χ0) is 16.2. The molecular formula is C16H18N2O3S2. The van der Waals surface area contributed by atoms with Gasteiger partial charge in [-0.1, -0.05) is 42.1 Å². The maximum absolute atomic E-state index is 12.3. The van der Waals surface area contributed by atoms with Crippen molar-refractivity contribution in [2.45, 2.75) is 18.2 Å². The van der Waals surface area contributed by atoms with E-state index >= 15 is 0 Å². The van der Waals surface area contributed by atoms with E-state index in [1.807, 2.05) is 30.3 Å². The van der Waals surface area contributed by atoms with Crippen LogP contribution in [0.25, 0.3) is 0 Å². The molecule has 2 heterocycles. The molecule has 7 heteroatoms. The summed E-state index contributed by atoms with van der Waals surface area (Å²) in [6.45, 7) is 1.10. The highest BCUT2D eigenvalue weighted by molar-refractivity contribution is 8.14. The van der Waals surface area contributed by atoms with E-state index in [0.717, 1.165) is 17.5 Å². The lowest BCUT2D eigenvalue weighted by Gasteiger charge is -2.21. The standard InChI is InChI=1S/C16H18N2O3S2/c19-14(10-22-9-12-4-2-1-3-5-12)17-7-6-13(8-17)18-15(20)11-23-16(18)21/h1-5,13H,6-11H2/t13-/m0/s1. The minimum atomic E-state index is -0.173. The first-order valence-electron chi connectivity index (χ1n) is 7.53. The molecule has 0 aromatic heterocycles. The second-order valence-electron chi connectivity index (χ2n) is 5.58. The van der Waals surface area contributed by atoms with Crippen LogP contribution in [0, 0.1) is 0 Å². The van der Waals surface area contributed by atoms with Gasteiger partial charge in [-0.25, -0.2) is 0 Å². The SMILES string of the molecule is O=C(CSCc1ccccc1)N1CC[C@H](N2C(=O)CSC2=O)C1. The van der Waals surface area contributed by atoms with E-state index in [1.165, 1.54) is 10.5 Å². The first kappa shape index (κ1) is 16.4. The van der Waals surface area contributed by atoms with Crippen LogP contribution < -0.4 is 0 Å². The molecule has 0 bridgehead atoms. The molecule has 3 rings (SSSR count). The van der Waals surface area contributed by atoms with Crippen molar-refractivity contribution in [1.29, 1.82) is 0 Å². The van der Waals surface area contributed by atoms with Crippen molar-refractivity contribution in [3.8, 4) is 0 Å². The smallest absolute Gasteiger partial charge is 0.289 e. The molecule has 0 aliphatic carbocycles. The quantitative estimate of drug-likeness (QED) is 0.815. The third kappa shape index (κ3) is 3.90. The highest BCUT2D eigenvalue weighted by Gasteiger charge is 2.40. The molecule has 122 valence electrons. The number of imide groups is 1. The number of likely N-dealkylation sites (tertiary alicyclic amines) is 1. The minimum absolute atomic E-state index is 0.0835. The second kappa shape index (κ2) is 7.40. The van der Waals surface area contributed by atoms with Crippen LogP contribution in [-0.2, 0) is 15.3 Å². The Morgan fingerprint density at radius 1 is 1.26 bits per heavy atom. The average Bonchev–Trinajstić information content (AvgIpc) is 3.15. The molecule has 1 aromatic rings. The van der Waals surface area contributed by atoms with E-state index in [-0.39, 0.29) is 28.8 Å². The van der Waals surface area contributed by atoms with Crippen molar-refractivity contribution < 1.29 is 14.4 Å². The maximum Gasteiger partial charge on any atom is 0.289 e. The topological polar surface area (TPSA) is 57.7 Å². The van der Waals surface area contributed by atoms with Crippen molar-refractivity contribution in [3.05, 3.63) is 35.9 Å². The van der Waals surface area contributed by atoms with Gasteiger partial charge in [0.05, 0.1) is 17.5 Å². The summed E-state index contributed by atoms with van der Waals surface area (Å²) in [5.74, 6) is 1.43. The van der Waals surface area contributed by atoms with Crippen molar-refractivity contribution in [3.63, 3.8) is 0 Å². The van der Waals surface area contributed by atoms with Gasteiger partial charge in [-0.3, -0.25) is 19.3 Å². The number of hydrogen-bond acceptors (Lipinski definition) is 5. The Bertz CT molecular complexity index is 593. The van der Waals surface area contributed by atoms with E-state index in [0.29, 0.717) is 25.3 Å². The predicted molar refractivity (Wildman–Crippen MR) is 92.3 cm³/mol. The van der Waals surface area contributed by atoms with Gasteiger partial charge in [0.15, 0.2) is 0 Å². The molecule has 2 aliphatic rings.